The molecule has 1 heterocycles. The number of anilines is 1. The molecule has 0 amide bonds. The van der Waals surface area contributed by atoms with Crippen LogP contribution in [0.2, 0.25) is 0 Å². The van der Waals surface area contributed by atoms with Gasteiger partial charge < -0.3 is 10.2 Å². The van der Waals surface area contributed by atoms with Crippen LogP contribution in [0.5, 0.6) is 5.88 Å². The molecule has 0 aliphatic heterocycles. The lowest BCUT2D eigenvalue weighted by Gasteiger charge is -2.09. The predicted molar refractivity (Wildman–Crippen MR) is 72.6 cm³/mol. The number of nitrogen functional groups attached to an aromatic ring is 1. The van der Waals surface area contributed by atoms with Crippen molar-refractivity contribution in [2.75, 3.05) is 5.43 Å². The van der Waals surface area contributed by atoms with Crippen LogP contribution in [0.3, 0.4) is 0 Å². The largest absolute Gasteiger partial charge is 0.473 e. The Balaban J connectivity index is 1.74. The molecule has 0 radical (unpaired) electrons. The first-order chi connectivity index (χ1) is 9.35. The van der Waals surface area contributed by atoms with E-state index in [1.165, 1.54) is 0 Å². The fraction of sp³-hybridized carbons (Fsp3) is 0.286. The summed E-state index contributed by atoms with van der Waals surface area (Å²) in [6.45, 7) is 0.492. The molecule has 0 atom stereocenters. The summed E-state index contributed by atoms with van der Waals surface area (Å²) in [5.41, 5.74) is 3.67. The van der Waals surface area contributed by atoms with E-state index >= 15 is 0 Å². The van der Waals surface area contributed by atoms with Crippen LogP contribution in [0.4, 0.5) is 5.82 Å². The molecule has 3 rings (SSSR count). The average molecular weight is 256 g/mol. The van der Waals surface area contributed by atoms with E-state index in [0.29, 0.717) is 24.2 Å². The third-order valence-electron chi connectivity index (χ3n) is 3.04. The van der Waals surface area contributed by atoms with E-state index in [-0.39, 0.29) is 0 Å². The molecule has 1 aromatic heterocycles. The van der Waals surface area contributed by atoms with E-state index in [4.69, 9.17) is 10.6 Å². The van der Waals surface area contributed by atoms with E-state index in [2.05, 4.69) is 15.4 Å². The van der Waals surface area contributed by atoms with Crippen LogP contribution in [0.1, 0.15) is 30.1 Å². The van der Waals surface area contributed by atoms with Crippen molar-refractivity contribution in [3.05, 3.63) is 47.8 Å². The SMILES string of the molecule is NNc1cc(OCc2ccccc2)nc(C2CC2)n1. The third kappa shape index (κ3) is 3.00. The quantitative estimate of drug-likeness (QED) is 0.634. The smallest absolute Gasteiger partial charge is 0.219 e. The average Bonchev–Trinajstić information content (AvgIpc) is 3.30. The highest BCUT2D eigenvalue weighted by Gasteiger charge is 2.27. The minimum Gasteiger partial charge on any atom is -0.473 e. The van der Waals surface area contributed by atoms with Crippen LogP contribution in [0.25, 0.3) is 0 Å². The molecule has 0 spiro atoms. The summed E-state index contributed by atoms with van der Waals surface area (Å²) in [5.74, 6) is 7.86. The Morgan fingerprint density at radius 3 is 2.68 bits per heavy atom. The summed E-state index contributed by atoms with van der Waals surface area (Å²) in [4.78, 5) is 8.77. The first kappa shape index (κ1) is 11.9. The first-order valence-electron chi connectivity index (χ1n) is 6.37. The fourth-order valence-electron chi connectivity index (χ4n) is 1.85. The summed E-state index contributed by atoms with van der Waals surface area (Å²) in [6.07, 6.45) is 2.29. The molecule has 1 aliphatic rings. The lowest BCUT2D eigenvalue weighted by Crippen LogP contribution is -2.11. The fourth-order valence-corrected chi connectivity index (χ4v) is 1.85. The number of nitrogens with one attached hydrogen (secondary N) is 1. The third-order valence-corrected chi connectivity index (χ3v) is 3.04. The molecule has 1 aromatic carbocycles. The normalized spacial score (nSPS) is 14.2. The Morgan fingerprint density at radius 1 is 1.21 bits per heavy atom. The van der Waals surface area contributed by atoms with Crippen molar-refractivity contribution in [2.24, 2.45) is 5.84 Å². The van der Waals surface area contributed by atoms with Crippen molar-refractivity contribution in [1.29, 1.82) is 0 Å². The molecular formula is C14H16N4O. The Hall–Kier alpha value is -2.14. The van der Waals surface area contributed by atoms with E-state index in [1.54, 1.807) is 6.07 Å². The Labute approximate surface area is 111 Å². The minimum atomic E-state index is 0.465. The van der Waals surface area contributed by atoms with E-state index < -0.39 is 0 Å². The zero-order chi connectivity index (χ0) is 13.1. The molecule has 98 valence electrons. The molecule has 1 saturated carbocycles. The van der Waals surface area contributed by atoms with Gasteiger partial charge in [-0.1, -0.05) is 30.3 Å². The van der Waals surface area contributed by atoms with E-state index in [9.17, 15) is 0 Å². The van der Waals surface area contributed by atoms with Crippen molar-refractivity contribution in [1.82, 2.24) is 9.97 Å². The molecule has 5 heteroatoms. The van der Waals surface area contributed by atoms with Crippen LogP contribution in [-0.4, -0.2) is 9.97 Å². The van der Waals surface area contributed by atoms with Gasteiger partial charge in [-0.2, -0.15) is 4.98 Å². The maximum atomic E-state index is 5.71. The molecule has 2 aromatic rings. The summed E-state index contributed by atoms with van der Waals surface area (Å²) < 4.78 is 5.71. The number of hydrazine groups is 1. The Morgan fingerprint density at radius 2 is 2.00 bits per heavy atom. The van der Waals surface area contributed by atoms with Crippen LogP contribution < -0.4 is 16.0 Å². The van der Waals surface area contributed by atoms with Gasteiger partial charge in [0.1, 0.15) is 18.2 Å². The number of nitrogens with two attached hydrogens (primary N) is 1. The van der Waals surface area contributed by atoms with Crippen molar-refractivity contribution >= 4 is 5.82 Å². The van der Waals surface area contributed by atoms with Gasteiger partial charge in [0, 0.05) is 12.0 Å². The molecule has 0 bridgehead atoms. The highest BCUT2D eigenvalue weighted by atomic mass is 16.5. The van der Waals surface area contributed by atoms with Gasteiger partial charge >= 0.3 is 0 Å². The van der Waals surface area contributed by atoms with Crippen molar-refractivity contribution in [2.45, 2.75) is 25.4 Å². The minimum absolute atomic E-state index is 0.465. The lowest BCUT2D eigenvalue weighted by atomic mass is 10.2. The van der Waals surface area contributed by atoms with Crippen LogP contribution in [0.15, 0.2) is 36.4 Å². The first-order valence-corrected chi connectivity index (χ1v) is 6.37. The molecule has 1 aliphatic carbocycles. The number of aromatic nitrogens is 2. The van der Waals surface area contributed by atoms with Crippen molar-refractivity contribution in [3.63, 3.8) is 0 Å². The maximum Gasteiger partial charge on any atom is 0.219 e. The molecule has 5 nitrogen and oxygen atoms in total. The monoisotopic (exact) mass is 256 g/mol. The second-order valence-electron chi connectivity index (χ2n) is 4.64. The molecule has 19 heavy (non-hydrogen) atoms. The van der Waals surface area contributed by atoms with Gasteiger partial charge in [0.25, 0.3) is 0 Å². The van der Waals surface area contributed by atoms with Gasteiger partial charge in [-0.3, -0.25) is 0 Å². The van der Waals surface area contributed by atoms with Crippen LogP contribution in [0, 0.1) is 0 Å². The summed E-state index contributed by atoms with van der Waals surface area (Å²) in [7, 11) is 0. The highest BCUT2D eigenvalue weighted by Crippen LogP contribution is 2.39. The van der Waals surface area contributed by atoms with Gasteiger partial charge in [0.2, 0.25) is 5.88 Å². The number of ether oxygens (including phenoxy) is 1. The Bertz CT molecular complexity index is 555. The second-order valence-corrected chi connectivity index (χ2v) is 4.64. The molecule has 3 N–H and O–H groups in total. The number of hydrogen-bond donors (Lipinski definition) is 2. The summed E-state index contributed by atoms with van der Waals surface area (Å²) >= 11 is 0. The molecular weight excluding hydrogens is 240 g/mol. The topological polar surface area (TPSA) is 73.1 Å². The zero-order valence-electron chi connectivity index (χ0n) is 10.5. The molecule has 0 unspecified atom stereocenters. The second kappa shape index (κ2) is 5.24. The van der Waals surface area contributed by atoms with E-state index in [0.717, 1.165) is 24.2 Å². The zero-order valence-corrected chi connectivity index (χ0v) is 10.5. The van der Waals surface area contributed by atoms with Gasteiger partial charge in [-0.15, -0.1) is 0 Å². The molecule has 1 fully saturated rings. The van der Waals surface area contributed by atoms with Crippen molar-refractivity contribution in [3.8, 4) is 5.88 Å². The van der Waals surface area contributed by atoms with Gasteiger partial charge in [0.15, 0.2) is 0 Å². The Kier molecular flexibility index (Phi) is 3.29. The summed E-state index contributed by atoms with van der Waals surface area (Å²) in [6, 6.07) is 11.7. The van der Waals surface area contributed by atoms with Gasteiger partial charge in [-0.05, 0) is 18.4 Å². The standard InChI is InChI=1S/C14H16N4O/c15-18-12-8-13(17-14(16-12)11-6-7-11)19-9-10-4-2-1-3-5-10/h1-5,8,11H,6-7,9,15H2,(H,16,17,18). The van der Waals surface area contributed by atoms with Crippen LogP contribution in [-0.2, 0) is 6.61 Å². The van der Waals surface area contributed by atoms with Gasteiger partial charge in [-0.25, -0.2) is 10.8 Å². The lowest BCUT2D eigenvalue weighted by molar-refractivity contribution is 0.292. The predicted octanol–water partition coefficient (Wildman–Crippen LogP) is 2.22. The summed E-state index contributed by atoms with van der Waals surface area (Å²) in [5, 5.41) is 0. The highest BCUT2D eigenvalue weighted by molar-refractivity contribution is 5.38. The number of hydrogen-bond acceptors (Lipinski definition) is 5. The molecule has 0 saturated heterocycles. The van der Waals surface area contributed by atoms with E-state index in [1.807, 2.05) is 30.3 Å². The van der Waals surface area contributed by atoms with Crippen LogP contribution >= 0.6 is 0 Å². The van der Waals surface area contributed by atoms with Crippen molar-refractivity contribution < 1.29 is 4.74 Å². The number of nitrogens with zero attached hydrogens (tertiary/aromatic N) is 2. The number of benzene rings is 1. The van der Waals surface area contributed by atoms with Gasteiger partial charge in [0.05, 0.1) is 0 Å². The number of rotatable bonds is 5. The maximum absolute atomic E-state index is 5.71.